The summed E-state index contributed by atoms with van der Waals surface area (Å²) in [6.45, 7) is 3.29. The lowest BCUT2D eigenvalue weighted by Crippen LogP contribution is -2.31. The Kier molecular flexibility index (Phi) is 5.41. The standard InChI is InChI=1S/C21H19F3N6O2/c1-3-12(2)19-16-8-13(21(22,23)24)4-6-15(16)20(32)30(28-19)10-18(31)26-14-5-7-17-27-25-11-29(17)9-14/h4-9,11-12H,3,10H2,1-2H3,(H,26,31)/t12-/m0/s1. The highest BCUT2D eigenvalue weighted by Gasteiger charge is 2.31. The molecule has 1 atom stereocenters. The van der Waals surface area contributed by atoms with Crippen LogP contribution in [0.5, 0.6) is 0 Å². The summed E-state index contributed by atoms with van der Waals surface area (Å²) in [5.41, 5.74) is -0.0762. The van der Waals surface area contributed by atoms with Crippen LogP contribution in [0.4, 0.5) is 18.9 Å². The van der Waals surface area contributed by atoms with Gasteiger partial charge in [-0.1, -0.05) is 13.8 Å². The lowest BCUT2D eigenvalue weighted by molar-refractivity contribution is -0.137. The first-order valence-electron chi connectivity index (χ1n) is 9.88. The first kappa shape index (κ1) is 21.5. The zero-order valence-electron chi connectivity index (χ0n) is 17.2. The van der Waals surface area contributed by atoms with E-state index < -0.39 is 23.2 Å². The number of alkyl halides is 3. The smallest absolute Gasteiger partial charge is 0.323 e. The molecule has 0 aliphatic carbocycles. The molecule has 0 aliphatic rings. The molecule has 0 radical (unpaired) electrons. The van der Waals surface area contributed by atoms with Crippen molar-refractivity contribution in [1.29, 1.82) is 0 Å². The fraction of sp³-hybridized carbons (Fsp3) is 0.286. The van der Waals surface area contributed by atoms with E-state index >= 15 is 0 Å². The van der Waals surface area contributed by atoms with Gasteiger partial charge in [0.1, 0.15) is 12.9 Å². The Morgan fingerprint density at radius 3 is 2.69 bits per heavy atom. The number of fused-ring (bicyclic) bond motifs is 2. The zero-order valence-corrected chi connectivity index (χ0v) is 17.2. The predicted molar refractivity (Wildman–Crippen MR) is 111 cm³/mol. The Balaban J connectivity index is 1.70. The van der Waals surface area contributed by atoms with E-state index in [-0.39, 0.29) is 23.2 Å². The van der Waals surface area contributed by atoms with E-state index in [4.69, 9.17) is 0 Å². The fourth-order valence-electron chi connectivity index (χ4n) is 3.39. The van der Waals surface area contributed by atoms with Gasteiger partial charge < -0.3 is 5.32 Å². The van der Waals surface area contributed by atoms with Gasteiger partial charge in [0.15, 0.2) is 5.65 Å². The molecule has 0 spiro atoms. The van der Waals surface area contributed by atoms with E-state index in [9.17, 15) is 22.8 Å². The highest BCUT2D eigenvalue weighted by molar-refractivity contribution is 5.91. The lowest BCUT2D eigenvalue weighted by atomic mass is 9.98. The van der Waals surface area contributed by atoms with Crippen molar-refractivity contribution in [2.24, 2.45) is 0 Å². The van der Waals surface area contributed by atoms with Crippen LogP contribution in [0.15, 0.2) is 47.7 Å². The zero-order chi connectivity index (χ0) is 23.0. The van der Waals surface area contributed by atoms with Gasteiger partial charge in [-0.05, 0) is 36.8 Å². The summed E-state index contributed by atoms with van der Waals surface area (Å²) in [6.07, 6.45) is -0.843. The van der Waals surface area contributed by atoms with Gasteiger partial charge in [0.25, 0.3) is 5.56 Å². The Hall–Kier alpha value is -3.76. The summed E-state index contributed by atoms with van der Waals surface area (Å²) < 4.78 is 42.2. The molecule has 11 heteroatoms. The molecule has 0 saturated heterocycles. The Labute approximate surface area is 179 Å². The van der Waals surface area contributed by atoms with Gasteiger partial charge in [0.2, 0.25) is 5.91 Å². The van der Waals surface area contributed by atoms with E-state index in [1.54, 1.807) is 22.7 Å². The number of amides is 1. The number of hydrogen-bond acceptors (Lipinski definition) is 5. The molecule has 0 bridgehead atoms. The number of carbonyl (C=O) groups is 1. The molecule has 1 aromatic carbocycles. The second-order valence-electron chi connectivity index (χ2n) is 7.48. The van der Waals surface area contributed by atoms with Crippen LogP contribution in [0.3, 0.4) is 0 Å². The minimum Gasteiger partial charge on any atom is -0.323 e. The Morgan fingerprint density at radius 2 is 1.97 bits per heavy atom. The number of nitrogens with one attached hydrogen (secondary N) is 1. The predicted octanol–water partition coefficient (Wildman–Crippen LogP) is 3.61. The maximum atomic E-state index is 13.2. The van der Waals surface area contributed by atoms with Crippen LogP contribution in [0.25, 0.3) is 16.4 Å². The second-order valence-corrected chi connectivity index (χ2v) is 7.48. The van der Waals surface area contributed by atoms with Gasteiger partial charge in [-0.25, -0.2) is 4.68 Å². The monoisotopic (exact) mass is 444 g/mol. The van der Waals surface area contributed by atoms with E-state index in [2.05, 4.69) is 20.6 Å². The summed E-state index contributed by atoms with van der Waals surface area (Å²) in [6, 6.07) is 6.26. The van der Waals surface area contributed by atoms with Gasteiger partial charge in [-0.2, -0.15) is 18.3 Å². The van der Waals surface area contributed by atoms with Crippen LogP contribution in [-0.2, 0) is 17.5 Å². The quantitative estimate of drug-likeness (QED) is 0.508. The summed E-state index contributed by atoms with van der Waals surface area (Å²) >= 11 is 0. The van der Waals surface area contributed by atoms with Crippen molar-refractivity contribution < 1.29 is 18.0 Å². The Bertz CT molecular complexity index is 1380. The molecule has 0 saturated carbocycles. The number of aromatic nitrogens is 5. The van der Waals surface area contributed by atoms with Crippen LogP contribution >= 0.6 is 0 Å². The number of halogens is 3. The van der Waals surface area contributed by atoms with Crippen molar-refractivity contribution in [3.8, 4) is 0 Å². The number of benzene rings is 1. The molecule has 3 heterocycles. The van der Waals surface area contributed by atoms with Gasteiger partial charge in [-0.3, -0.25) is 14.0 Å². The highest BCUT2D eigenvalue weighted by Crippen LogP contribution is 2.33. The molecule has 4 rings (SSSR count). The van der Waals surface area contributed by atoms with Gasteiger partial charge in [-0.15, -0.1) is 10.2 Å². The molecule has 8 nitrogen and oxygen atoms in total. The van der Waals surface area contributed by atoms with Gasteiger partial charge >= 0.3 is 6.18 Å². The van der Waals surface area contributed by atoms with E-state index in [0.29, 0.717) is 23.4 Å². The number of anilines is 1. The molecule has 0 aliphatic heterocycles. The third-order valence-electron chi connectivity index (χ3n) is 5.26. The van der Waals surface area contributed by atoms with Crippen molar-refractivity contribution in [3.63, 3.8) is 0 Å². The topological polar surface area (TPSA) is 94.2 Å². The number of carbonyl (C=O) groups excluding carboxylic acids is 1. The van der Waals surface area contributed by atoms with Crippen LogP contribution in [0, 0.1) is 0 Å². The van der Waals surface area contributed by atoms with Gasteiger partial charge in [0.05, 0.1) is 22.3 Å². The molecule has 32 heavy (non-hydrogen) atoms. The van der Waals surface area contributed by atoms with Crippen molar-refractivity contribution in [1.82, 2.24) is 24.4 Å². The molecular formula is C21H19F3N6O2. The molecule has 1 N–H and O–H groups in total. The van der Waals surface area contributed by atoms with E-state index in [1.165, 1.54) is 6.33 Å². The average Bonchev–Trinajstić information content (AvgIpc) is 3.22. The number of nitrogens with zero attached hydrogens (tertiary/aromatic N) is 5. The summed E-state index contributed by atoms with van der Waals surface area (Å²) in [5, 5.41) is 14.8. The van der Waals surface area contributed by atoms with Crippen LogP contribution in [0.1, 0.15) is 37.4 Å². The van der Waals surface area contributed by atoms with Crippen LogP contribution in [0.2, 0.25) is 0 Å². The van der Waals surface area contributed by atoms with Crippen LogP contribution < -0.4 is 10.9 Å². The molecule has 0 fully saturated rings. The lowest BCUT2D eigenvalue weighted by Gasteiger charge is -2.16. The summed E-state index contributed by atoms with van der Waals surface area (Å²) in [4.78, 5) is 25.5. The number of hydrogen-bond donors (Lipinski definition) is 1. The van der Waals surface area contributed by atoms with E-state index in [0.717, 1.165) is 22.9 Å². The highest BCUT2D eigenvalue weighted by atomic mass is 19.4. The average molecular weight is 444 g/mol. The molecular weight excluding hydrogens is 425 g/mol. The molecule has 0 unspecified atom stereocenters. The maximum Gasteiger partial charge on any atom is 0.416 e. The largest absolute Gasteiger partial charge is 0.416 e. The summed E-state index contributed by atoms with van der Waals surface area (Å²) in [7, 11) is 0. The third kappa shape index (κ3) is 4.05. The molecule has 1 amide bonds. The third-order valence-corrected chi connectivity index (χ3v) is 5.26. The second kappa shape index (κ2) is 8.06. The SMILES string of the molecule is CC[C@H](C)c1nn(CC(=O)Nc2ccc3nncn3c2)c(=O)c2ccc(C(F)(F)F)cc12. The Morgan fingerprint density at radius 1 is 1.19 bits per heavy atom. The van der Waals surface area contributed by atoms with Crippen molar-refractivity contribution >= 4 is 28.0 Å². The first-order valence-corrected chi connectivity index (χ1v) is 9.88. The normalized spacial score (nSPS) is 12.9. The van der Waals surface area contributed by atoms with E-state index in [1.807, 2.05) is 13.8 Å². The fourth-order valence-corrected chi connectivity index (χ4v) is 3.39. The number of pyridine rings is 1. The maximum absolute atomic E-state index is 13.2. The number of rotatable bonds is 5. The summed E-state index contributed by atoms with van der Waals surface area (Å²) in [5.74, 6) is -0.722. The van der Waals surface area contributed by atoms with Gasteiger partial charge in [0, 0.05) is 17.5 Å². The van der Waals surface area contributed by atoms with Crippen molar-refractivity contribution in [3.05, 3.63) is 64.5 Å². The van der Waals surface area contributed by atoms with Crippen molar-refractivity contribution in [2.75, 3.05) is 5.32 Å². The van der Waals surface area contributed by atoms with Crippen LogP contribution in [-0.4, -0.2) is 30.3 Å². The minimum absolute atomic E-state index is 0.0852. The molecule has 166 valence electrons. The molecule has 3 aromatic heterocycles. The molecule has 4 aromatic rings. The van der Waals surface area contributed by atoms with Crippen molar-refractivity contribution in [2.45, 2.75) is 38.9 Å². The minimum atomic E-state index is -4.54. The first-order chi connectivity index (χ1) is 15.2.